The Kier molecular flexibility index (Phi) is 7.23. The summed E-state index contributed by atoms with van der Waals surface area (Å²) in [5.74, 6) is 0.639. The van der Waals surface area contributed by atoms with Crippen LogP contribution in [0.15, 0.2) is 42.5 Å². The van der Waals surface area contributed by atoms with Crippen LogP contribution in [0.25, 0.3) is 0 Å². The summed E-state index contributed by atoms with van der Waals surface area (Å²) in [5.41, 5.74) is 2.66. The van der Waals surface area contributed by atoms with Crippen LogP contribution >= 0.6 is 0 Å². The minimum absolute atomic E-state index is 0.0366. The molecule has 0 bridgehead atoms. The van der Waals surface area contributed by atoms with Gasteiger partial charge in [0, 0.05) is 12.5 Å². The maximum absolute atomic E-state index is 12.4. The lowest BCUT2D eigenvalue weighted by Gasteiger charge is -2.18. The fourth-order valence-electron chi connectivity index (χ4n) is 2.67. The first-order valence-electron chi connectivity index (χ1n) is 8.63. The summed E-state index contributed by atoms with van der Waals surface area (Å²) in [5, 5.41) is 2.80. The largest absolute Gasteiger partial charge is 0.497 e. The molecule has 0 fully saturated rings. The number of benzene rings is 2. The zero-order chi connectivity index (χ0) is 19.8. The van der Waals surface area contributed by atoms with Crippen LogP contribution in [-0.2, 0) is 20.9 Å². The van der Waals surface area contributed by atoms with E-state index in [-0.39, 0.29) is 18.9 Å². The quantitative estimate of drug-likeness (QED) is 0.721. The summed E-state index contributed by atoms with van der Waals surface area (Å²) in [6.45, 7) is 3.46. The minimum atomic E-state index is -0.442. The standard InChI is InChI=1S/C21H25NO5/c1-14-5-7-16(8-6-14)19(22-15(2)23)12-21(24)27-13-17-11-18(25-3)9-10-20(17)26-4/h5-11,19H,12-13H2,1-4H3,(H,22,23). The average Bonchev–Trinajstić information content (AvgIpc) is 2.65. The lowest BCUT2D eigenvalue weighted by atomic mass is 10.0. The van der Waals surface area contributed by atoms with Crippen molar-refractivity contribution in [1.29, 1.82) is 0 Å². The van der Waals surface area contributed by atoms with Crippen molar-refractivity contribution in [2.45, 2.75) is 32.9 Å². The summed E-state index contributed by atoms with van der Waals surface area (Å²) in [6, 6.07) is 12.5. The average molecular weight is 371 g/mol. The lowest BCUT2D eigenvalue weighted by Crippen LogP contribution is -2.28. The molecule has 0 aliphatic rings. The zero-order valence-electron chi connectivity index (χ0n) is 16.1. The number of esters is 1. The van der Waals surface area contributed by atoms with Crippen molar-refractivity contribution in [2.24, 2.45) is 0 Å². The van der Waals surface area contributed by atoms with Crippen molar-refractivity contribution in [3.8, 4) is 11.5 Å². The van der Waals surface area contributed by atoms with Gasteiger partial charge in [-0.3, -0.25) is 9.59 Å². The van der Waals surface area contributed by atoms with Crippen molar-refractivity contribution < 1.29 is 23.8 Å². The molecule has 2 aromatic carbocycles. The van der Waals surface area contributed by atoms with Crippen molar-refractivity contribution in [3.63, 3.8) is 0 Å². The van der Waals surface area contributed by atoms with Crippen LogP contribution in [0.2, 0.25) is 0 Å². The topological polar surface area (TPSA) is 73.9 Å². The molecule has 144 valence electrons. The van der Waals surface area contributed by atoms with Crippen molar-refractivity contribution in [3.05, 3.63) is 59.2 Å². The van der Waals surface area contributed by atoms with E-state index >= 15 is 0 Å². The van der Waals surface area contributed by atoms with E-state index in [4.69, 9.17) is 14.2 Å². The zero-order valence-corrected chi connectivity index (χ0v) is 16.1. The molecule has 6 heteroatoms. The van der Waals surface area contributed by atoms with E-state index in [0.717, 1.165) is 11.1 Å². The third-order valence-corrected chi connectivity index (χ3v) is 4.10. The third kappa shape index (κ3) is 6.02. The van der Waals surface area contributed by atoms with E-state index < -0.39 is 12.0 Å². The van der Waals surface area contributed by atoms with Gasteiger partial charge in [-0.1, -0.05) is 29.8 Å². The van der Waals surface area contributed by atoms with Gasteiger partial charge in [-0.05, 0) is 30.7 Å². The van der Waals surface area contributed by atoms with Crippen molar-refractivity contribution >= 4 is 11.9 Å². The molecule has 0 spiro atoms. The summed E-state index contributed by atoms with van der Waals surface area (Å²) in [6.07, 6.45) is 0.0366. The molecule has 0 radical (unpaired) electrons. The maximum atomic E-state index is 12.4. The van der Waals surface area contributed by atoms with E-state index in [0.29, 0.717) is 17.1 Å². The maximum Gasteiger partial charge on any atom is 0.308 e. The van der Waals surface area contributed by atoms with Gasteiger partial charge in [0.1, 0.15) is 18.1 Å². The molecular formula is C21H25NO5. The molecule has 0 heterocycles. The van der Waals surface area contributed by atoms with Crippen molar-refractivity contribution in [1.82, 2.24) is 5.32 Å². The van der Waals surface area contributed by atoms with Gasteiger partial charge in [0.2, 0.25) is 5.91 Å². The van der Waals surface area contributed by atoms with Gasteiger partial charge in [-0.25, -0.2) is 0 Å². The Morgan fingerprint density at radius 2 is 1.74 bits per heavy atom. The number of rotatable bonds is 8. The molecule has 2 rings (SSSR count). The predicted octanol–water partition coefficient (Wildman–Crippen LogP) is 3.32. The highest BCUT2D eigenvalue weighted by Gasteiger charge is 2.18. The van der Waals surface area contributed by atoms with Crippen LogP contribution in [-0.4, -0.2) is 26.1 Å². The smallest absolute Gasteiger partial charge is 0.308 e. The fourth-order valence-corrected chi connectivity index (χ4v) is 2.67. The molecule has 0 saturated carbocycles. The molecule has 1 amide bonds. The van der Waals surface area contributed by atoms with Gasteiger partial charge in [-0.2, -0.15) is 0 Å². The predicted molar refractivity (Wildman–Crippen MR) is 102 cm³/mol. The highest BCUT2D eigenvalue weighted by Crippen LogP contribution is 2.25. The van der Waals surface area contributed by atoms with Crippen LogP contribution in [0.4, 0.5) is 0 Å². The van der Waals surface area contributed by atoms with Gasteiger partial charge >= 0.3 is 5.97 Å². The van der Waals surface area contributed by atoms with Gasteiger partial charge < -0.3 is 19.5 Å². The van der Waals surface area contributed by atoms with Crippen LogP contribution in [0.3, 0.4) is 0 Å². The van der Waals surface area contributed by atoms with E-state index in [1.165, 1.54) is 6.92 Å². The van der Waals surface area contributed by atoms with Gasteiger partial charge in [0.15, 0.2) is 0 Å². The number of carbonyl (C=O) groups is 2. The highest BCUT2D eigenvalue weighted by atomic mass is 16.5. The second-order valence-corrected chi connectivity index (χ2v) is 6.21. The summed E-state index contributed by atoms with van der Waals surface area (Å²) >= 11 is 0. The first kappa shape index (κ1) is 20.3. The second kappa shape index (κ2) is 9.62. The Hall–Kier alpha value is -3.02. The van der Waals surface area contributed by atoms with Gasteiger partial charge in [-0.15, -0.1) is 0 Å². The third-order valence-electron chi connectivity index (χ3n) is 4.10. The van der Waals surface area contributed by atoms with Crippen LogP contribution in [0, 0.1) is 6.92 Å². The Balaban J connectivity index is 2.05. The first-order chi connectivity index (χ1) is 12.9. The Bertz CT molecular complexity index is 786. The Morgan fingerprint density at radius 1 is 1.04 bits per heavy atom. The second-order valence-electron chi connectivity index (χ2n) is 6.21. The number of nitrogens with one attached hydrogen (secondary N) is 1. The Morgan fingerprint density at radius 3 is 2.33 bits per heavy atom. The van der Waals surface area contributed by atoms with Crippen LogP contribution in [0.5, 0.6) is 11.5 Å². The number of carbonyl (C=O) groups excluding carboxylic acids is 2. The van der Waals surface area contributed by atoms with E-state index in [2.05, 4.69) is 5.32 Å². The minimum Gasteiger partial charge on any atom is -0.497 e. The lowest BCUT2D eigenvalue weighted by molar-refractivity contribution is -0.145. The van der Waals surface area contributed by atoms with E-state index in [1.54, 1.807) is 32.4 Å². The number of ether oxygens (including phenoxy) is 3. The number of methoxy groups -OCH3 is 2. The molecule has 27 heavy (non-hydrogen) atoms. The number of amides is 1. The monoisotopic (exact) mass is 371 g/mol. The van der Waals surface area contributed by atoms with Crippen molar-refractivity contribution in [2.75, 3.05) is 14.2 Å². The Labute approximate surface area is 159 Å². The SMILES string of the molecule is COc1ccc(OC)c(COC(=O)CC(NC(C)=O)c2ccc(C)cc2)c1. The highest BCUT2D eigenvalue weighted by molar-refractivity contribution is 5.76. The normalized spacial score (nSPS) is 11.4. The molecule has 2 aromatic rings. The molecule has 1 unspecified atom stereocenters. The van der Waals surface area contributed by atoms with Gasteiger partial charge in [0.25, 0.3) is 0 Å². The molecule has 0 aliphatic heterocycles. The van der Waals surface area contributed by atoms with Crippen LogP contribution < -0.4 is 14.8 Å². The molecule has 6 nitrogen and oxygen atoms in total. The molecule has 0 aliphatic carbocycles. The van der Waals surface area contributed by atoms with Gasteiger partial charge in [0.05, 0.1) is 26.7 Å². The first-order valence-corrected chi connectivity index (χ1v) is 8.63. The van der Waals surface area contributed by atoms with E-state index in [1.807, 2.05) is 31.2 Å². The van der Waals surface area contributed by atoms with Crippen LogP contribution in [0.1, 0.15) is 36.1 Å². The number of aryl methyl sites for hydroxylation is 1. The number of hydrogen-bond acceptors (Lipinski definition) is 5. The molecular weight excluding hydrogens is 346 g/mol. The summed E-state index contributed by atoms with van der Waals surface area (Å²) in [4.78, 5) is 23.9. The molecule has 1 N–H and O–H groups in total. The molecule has 0 aromatic heterocycles. The molecule has 0 saturated heterocycles. The number of hydrogen-bond donors (Lipinski definition) is 1. The fraction of sp³-hybridized carbons (Fsp3) is 0.333. The summed E-state index contributed by atoms with van der Waals surface area (Å²) in [7, 11) is 3.12. The summed E-state index contributed by atoms with van der Waals surface area (Å²) < 4.78 is 15.9. The molecule has 1 atom stereocenters. The van der Waals surface area contributed by atoms with E-state index in [9.17, 15) is 9.59 Å².